The van der Waals surface area contributed by atoms with Crippen molar-refractivity contribution >= 4 is 22.7 Å². The molecule has 0 atom stereocenters. The van der Waals surface area contributed by atoms with Crippen molar-refractivity contribution < 1.29 is 9.59 Å². The summed E-state index contributed by atoms with van der Waals surface area (Å²) in [4.78, 5) is 33.6. The number of hydrogen-bond acceptors (Lipinski definition) is 4. The number of ketones is 1. The normalized spacial score (nSPS) is 14.5. The maximum atomic E-state index is 13.8. The number of aryl methyl sites for hydroxylation is 2. The quantitative estimate of drug-likeness (QED) is 0.327. The number of rotatable bonds is 5. The Hall–Kier alpha value is -3.80. The summed E-state index contributed by atoms with van der Waals surface area (Å²) >= 11 is 0. The topological polar surface area (TPSA) is 68.1 Å². The molecule has 0 N–H and O–H groups in total. The average molecular weight is 481 g/mol. The van der Waals surface area contributed by atoms with Crippen molar-refractivity contribution in [1.82, 2.24) is 19.7 Å². The van der Waals surface area contributed by atoms with E-state index in [4.69, 9.17) is 4.98 Å². The molecule has 1 aliphatic rings. The van der Waals surface area contributed by atoms with Gasteiger partial charge in [-0.25, -0.2) is 9.67 Å². The summed E-state index contributed by atoms with van der Waals surface area (Å²) in [5.74, 6) is 0.0932. The van der Waals surface area contributed by atoms with Gasteiger partial charge in [0.2, 0.25) is 0 Å². The van der Waals surface area contributed by atoms with E-state index in [0.29, 0.717) is 31.5 Å². The van der Waals surface area contributed by atoms with Gasteiger partial charge in [0.05, 0.1) is 22.8 Å². The fourth-order valence-electron chi connectivity index (χ4n) is 5.04. The summed E-state index contributed by atoms with van der Waals surface area (Å²) in [5, 5.41) is 5.32. The molecule has 2 aromatic heterocycles. The van der Waals surface area contributed by atoms with E-state index in [2.05, 4.69) is 31.9 Å². The lowest BCUT2D eigenvalue weighted by Crippen LogP contribution is -2.40. The van der Waals surface area contributed by atoms with Gasteiger partial charge in [0, 0.05) is 36.2 Å². The van der Waals surface area contributed by atoms with Crippen LogP contribution in [-0.4, -0.2) is 44.4 Å². The van der Waals surface area contributed by atoms with E-state index in [1.165, 1.54) is 0 Å². The number of nitrogens with zero attached hydrogens (tertiary/aromatic N) is 4. The number of hydrogen-bond donors (Lipinski definition) is 0. The Labute approximate surface area is 212 Å². The van der Waals surface area contributed by atoms with Gasteiger partial charge >= 0.3 is 0 Å². The molecule has 0 bridgehead atoms. The van der Waals surface area contributed by atoms with Crippen molar-refractivity contribution in [1.29, 1.82) is 0 Å². The summed E-state index contributed by atoms with van der Waals surface area (Å²) in [6, 6.07) is 17.9. The third kappa shape index (κ3) is 4.43. The highest BCUT2D eigenvalue weighted by atomic mass is 16.2. The van der Waals surface area contributed by atoms with Crippen molar-refractivity contribution in [3.8, 4) is 11.3 Å². The van der Waals surface area contributed by atoms with Crippen LogP contribution in [0.1, 0.15) is 64.6 Å². The first-order valence-corrected chi connectivity index (χ1v) is 12.7. The summed E-state index contributed by atoms with van der Waals surface area (Å²) in [7, 11) is 0. The number of carbonyl (C=O) groups is 2. The number of Topliss-reactive ketones (excluding diaryl/α,β-unsaturated/α-hetero) is 1. The van der Waals surface area contributed by atoms with Crippen LogP contribution in [0, 0.1) is 19.8 Å². The molecule has 1 aliphatic heterocycles. The van der Waals surface area contributed by atoms with Gasteiger partial charge in [-0.05, 0) is 52.2 Å². The van der Waals surface area contributed by atoms with E-state index < -0.39 is 0 Å². The average Bonchev–Trinajstić information content (AvgIpc) is 3.33. The molecule has 6 nitrogen and oxygen atoms in total. The van der Waals surface area contributed by atoms with E-state index in [1.54, 1.807) is 6.20 Å². The van der Waals surface area contributed by atoms with Crippen LogP contribution in [0.25, 0.3) is 22.3 Å². The van der Waals surface area contributed by atoms with Crippen LogP contribution < -0.4 is 0 Å². The maximum absolute atomic E-state index is 13.8. The van der Waals surface area contributed by atoms with Crippen LogP contribution >= 0.6 is 0 Å². The lowest BCUT2D eigenvalue weighted by molar-refractivity contribution is 0.0652. The molecule has 36 heavy (non-hydrogen) atoms. The number of amides is 1. The second-order valence-corrected chi connectivity index (χ2v) is 10.1. The second-order valence-electron chi connectivity index (χ2n) is 10.1. The maximum Gasteiger partial charge on any atom is 0.254 e. The minimum Gasteiger partial charge on any atom is -0.339 e. The van der Waals surface area contributed by atoms with Crippen LogP contribution in [-0.2, 0) is 0 Å². The Morgan fingerprint density at radius 2 is 1.67 bits per heavy atom. The number of likely N-dealkylation sites (tertiary alicyclic amines) is 1. The SMILES string of the molecule is Cc1ccc(C(=O)C2CCN(C(=O)c3cc(-c4ccccc4C)nc4c3cnn4C(C)C)CC2)cc1. The van der Waals surface area contributed by atoms with Gasteiger partial charge in [0.1, 0.15) is 0 Å². The second kappa shape index (κ2) is 9.69. The molecule has 5 rings (SSSR count). The highest BCUT2D eigenvalue weighted by molar-refractivity contribution is 6.06. The Morgan fingerprint density at radius 3 is 2.33 bits per heavy atom. The molecule has 6 heteroatoms. The summed E-state index contributed by atoms with van der Waals surface area (Å²) < 4.78 is 1.88. The number of benzene rings is 2. The van der Waals surface area contributed by atoms with E-state index in [-0.39, 0.29) is 23.7 Å². The molecular weight excluding hydrogens is 448 g/mol. The molecule has 2 aromatic carbocycles. The molecule has 0 spiro atoms. The largest absolute Gasteiger partial charge is 0.339 e. The number of aromatic nitrogens is 3. The number of piperidine rings is 1. The number of carbonyl (C=O) groups excluding carboxylic acids is 2. The molecule has 184 valence electrons. The van der Waals surface area contributed by atoms with Crippen molar-refractivity contribution in [3.63, 3.8) is 0 Å². The monoisotopic (exact) mass is 480 g/mol. The highest BCUT2D eigenvalue weighted by Gasteiger charge is 2.30. The van der Waals surface area contributed by atoms with Crippen LogP contribution in [0.15, 0.2) is 60.8 Å². The number of pyridine rings is 1. The van der Waals surface area contributed by atoms with Crippen molar-refractivity contribution in [2.75, 3.05) is 13.1 Å². The van der Waals surface area contributed by atoms with E-state index in [1.807, 2.05) is 65.0 Å². The van der Waals surface area contributed by atoms with Gasteiger partial charge in [-0.2, -0.15) is 5.10 Å². The molecule has 1 amide bonds. The zero-order valence-corrected chi connectivity index (χ0v) is 21.4. The Bertz CT molecular complexity index is 1430. The Balaban J connectivity index is 1.44. The minimum atomic E-state index is -0.0552. The smallest absolute Gasteiger partial charge is 0.254 e. The molecule has 1 fully saturated rings. The van der Waals surface area contributed by atoms with Crippen LogP contribution in [0.5, 0.6) is 0 Å². The van der Waals surface area contributed by atoms with Crippen molar-refractivity contribution in [3.05, 3.63) is 83.0 Å². The van der Waals surface area contributed by atoms with Gasteiger partial charge < -0.3 is 4.90 Å². The van der Waals surface area contributed by atoms with Crippen LogP contribution in [0.2, 0.25) is 0 Å². The summed E-state index contributed by atoms with van der Waals surface area (Å²) in [6.07, 6.45) is 3.09. The minimum absolute atomic E-state index is 0.0261. The first-order chi connectivity index (χ1) is 17.3. The third-order valence-corrected chi connectivity index (χ3v) is 7.20. The molecule has 0 aliphatic carbocycles. The van der Waals surface area contributed by atoms with Crippen molar-refractivity contribution in [2.45, 2.75) is 46.6 Å². The van der Waals surface area contributed by atoms with Crippen LogP contribution in [0.3, 0.4) is 0 Å². The van der Waals surface area contributed by atoms with Crippen molar-refractivity contribution in [2.24, 2.45) is 5.92 Å². The molecule has 4 aromatic rings. The fourth-order valence-corrected chi connectivity index (χ4v) is 5.04. The number of fused-ring (bicyclic) bond motifs is 1. The van der Waals surface area contributed by atoms with E-state index >= 15 is 0 Å². The standard InChI is InChI=1S/C30H32N4O2/c1-19(2)34-29-26(18-31-34)25(17-27(32-29)24-8-6-5-7-21(24)4)30(36)33-15-13-23(14-16-33)28(35)22-11-9-20(3)10-12-22/h5-12,17-19,23H,13-16H2,1-4H3. The zero-order valence-electron chi connectivity index (χ0n) is 21.4. The van der Waals surface area contributed by atoms with Gasteiger partial charge in [-0.15, -0.1) is 0 Å². The summed E-state index contributed by atoms with van der Waals surface area (Å²) in [6.45, 7) is 9.31. The molecule has 0 saturated carbocycles. The van der Waals surface area contributed by atoms with Gasteiger partial charge in [-0.1, -0.05) is 54.1 Å². The van der Waals surface area contributed by atoms with E-state index in [0.717, 1.165) is 39.0 Å². The lowest BCUT2D eigenvalue weighted by atomic mass is 9.88. The van der Waals surface area contributed by atoms with E-state index in [9.17, 15) is 9.59 Å². The molecule has 0 unspecified atom stereocenters. The highest BCUT2D eigenvalue weighted by Crippen LogP contribution is 2.30. The van der Waals surface area contributed by atoms with Gasteiger partial charge in [-0.3, -0.25) is 9.59 Å². The first kappa shape index (κ1) is 23.9. The first-order valence-electron chi connectivity index (χ1n) is 12.7. The Kier molecular flexibility index (Phi) is 6.44. The predicted octanol–water partition coefficient (Wildman–Crippen LogP) is 6.03. The molecular formula is C30H32N4O2. The summed E-state index contributed by atoms with van der Waals surface area (Å²) in [5.41, 5.74) is 6.12. The zero-order chi connectivity index (χ0) is 25.4. The lowest BCUT2D eigenvalue weighted by Gasteiger charge is -2.31. The molecule has 0 radical (unpaired) electrons. The third-order valence-electron chi connectivity index (χ3n) is 7.20. The predicted molar refractivity (Wildman–Crippen MR) is 142 cm³/mol. The fraction of sp³-hybridized carbons (Fsp3) is 0.333. The van der Waals surface area contributed by atoms with Crippen LogP contribution in [0.4, 0.5) is 0 Å². The van der Waals surface area contributed by atoms with Gasteiger partial charge in [0.25, 0.3) is 5.91 Å². The molecule has 1 saturated heterocycles. The van der Waals surface area contributed by atoms with Gasteiger partial charge in [0.15, 0.2) is 11.4 Å². The Morgan fingerprint density at radius 1 is 0.972 bits per heavy atom. The molecule has 3 heterocycles.